The van der Waals surface area contributed by atoms with E-state index >= 15 is 0 Å². The molecular formula is C14H21N3O2. The SMILES string of the molecule is COc1ncccc1NC(=O)CC1(N)CCCCC1. The molecule has 2 rings (SSSR count). The lowest BCUT2D eigenvalue weighted by molar-refractivity contribution is -0.117. The van der Waals surface area contributed by atoms with Gasteiger partial charge in [0, 0.05) is 18.2 Å². The van der Waals surface area contributed by atoms with Crippen LogP contribution < -0.4 is 15.8 Å². The zero-order valence-electron chi connectivity index (χ0n) is 11.3. The molecule has 1 aromatic rings. The monoisotopic (exact) mass is 263 g/mol. The molecule has 0 spiro atoms. The van der Waals surface area contributed by atoms with Crippen LogP contribution in [0.15, 0.2) is 18.3 Å². The van der Waals surface area contributed by atoms with Gasteiger partial charge in [-0.3, -0.25) is 4.79 Å². The van der Waals surface area contributed by atoms with Crippen LogP contribution in [0.2, 0.25) is 0 Å². The quantitative estimate of drug-likeness (QED) is 0.872. The minimum Gasteiger partial charge on any atom is -0.480 e. The van der Waals surface area contributed by atoms with Crippen LogP contribution in [0.4, 0.5) is 5.69 Å². The number of hydrogen-bond acceptors (Lipinski definition) is 4. The standard InChI is InChI=1S/C14H21N3O2/c1-19-13-11(6-5-9-16-13)17-12(18)10-14(15)7-3-2-4-8-14/h5-6,9H,2-4,7-8,10,15H2,1H3,(H,17,18). The Morgan fingerprint density at radius 1 is 1.47 bits per heavy atom. The molecule has 0 radical (unpaired) electrons. The largest absolute Gasteiger partial charge is 0.480 e. The summed E-state index contributed by atoms with van der Waals surface area (Å²) in [4.78, 5) is 16.1. The number of rotatable bonds is 4. The van der Waals surface area contributed by atoms with E-state index in [1.165, 1.54) is 13.5 Å². The highest BCUT2D eigenvalue weighted by atomic mass is 16.5. The van der Waals surface area contributed by atoms with E-state index in [0.29, 0.717) is 18.0 Å². The first-order valence-corrected chi connectivity index (χ1v) is 6.71. The van der Waals surface area contributed by atoms with Crippen molar-refractivity contribution < 1.29 is 9.53 Å². The molecule has 1 aliphatic rings. The van der Waals surface area contributed by atoms with Crippen molar-refractivity contribution in [2.24, 2.45) is 5.73 Å². The van der Waals surface area contributed by atoms with Gasteiger partial charge in [0.1, 0.15) is 5.69 Å². The summed E-state index contributed by atoms with van der Waals surface area (Å²) >= 11 is 0. The maximum atomic E-state index is 12.1. The maximum Gasteiger partial charge on any atom is 0.237 e. The molecule has 1 saturated carbocycles. The Labute approximate surface area is 113 Å². The van der Waals surface area contributed by atoms with Crippen molar-refractivity contribution >= 4 is 11.6 Å². The number of nitrogens with two attached hydrogens (primary N) is 1. The number of aromatic nitrogens is 1. The average molecular weight is 263 g/mol. The first kappa shape index (κ1) is 13.8. The Morgan fingerprint density at radius 2 is 2.21 bits per heavy atom. The van der Waals surface area contributed by atoms with Crippen LogP contribution in [0.1, 0.15) is 38.5 Å². The first-order chi connectivity index (χ1) is 9.13. The molecule has 1 aromatic heterocycles. The minimum atomic E-state index is -0.349. The second-order valence-electron chi connectivity index (χ2n) is 5.21. The summed E-state index contributed by atoms with van der Waals surface area (Å²) in [6.07, 6.45) is 7.26. The van der Waals surface area contributed by atoms with E-state index in [1.54, 1.807) is 18.3 Å². The Bertz CT molecular complexity index is 442. The zero-order chi connectivity index (χ0) is 13.7. The number of nitrogens with one attached hydrogen (secondary N) is 1. The third-order valence-electron chi connectivity index (χ3n) is 3.60. The lowest BCUT2D eigenvalue weighted by Gasteiger charge is -2.32. The Balaban J connectivity index is 1.97. The molecule has 0 bridgehead atoms. The van der Waals surface area contributed by atoms with Crippen molar-refractivity contribution in [1.29, 1.82) is 0 Å². The zero-order valence-corrected chi connectivity index (χ0v) is 11.3. The van der Waals surface area contributed by atoms with Gasteiger partial charge < -0.3 is 15.8 Å². The summed E-state index contributed by atoms with van der Waals surface area (Å²) in [5, 5.41) is 2.83. The van der Waals surface area contributed by atoms with Gasteiger partial charge in [0.15, 0.2) is 0 Å². The van der Waals surface area contributed by atoms with E-state index < -0.39 is 0 Å². The van der Waals surface area contributed by atoms with Gasteiger partial charge in [-0.1, -0.05) is 19.3 Å². The molecule has 0 aromatic carbocycles. The summed E-state index contributed by atoms with van der Waals surface area (Å²) in [5.41, 5.74) is 6.52. The third kappa shape index (κ3) is 3.67. The van der Waals surface area contributed by atoms with Crippen LogP contribution in [0.5, 0.6) is 5.88 Å². The van der Waals surface area contributed by atoms with E-state index in [4.69, 9.17) is 10.5 Å². The predicted molar refractivity (Wildman–Crippen MR) is 74.0 cm³/mol. The normalized spacial score (nSPS) is 17.8. The molecule has 5 heteroatoms. The van der Waals surface area contributed by atoms with Gasteiger partial charge in [0.25, 0.3) is 0 Å². The Morgan fingerprint density at radius 3 is 2.89 bits per heavy atom. The fourth-order valence-electron chi connectivity index (χ4n) is 2.60. The van der Waals surface area contributed by atoms with Crippen molar-refractivity contribution in [1.82, 2.24) is 4.98 Å². The lowest BCUT2D eigenvalue weighted by Crippen LogP contribution is -2.44. The molecule has 1 amide bonds. The topological polar surface area (TPSA) is 77.2 Å². The van der Waals surface area contributed by atoms with Crippen LogP contribution in [-0.4, -0.2) is 23.5 Å². The number of nitrogens with zero attached hydrogens (tertiary/aromatic N) is 1. The van der Waals surface area contributed by atoms with Gasteiger partial charge in [-0.05, 0) is 25.0 Å². The number of carbonyl (C=O) groups is 1. The van der Waals surface area contributed by atoms with Crippen LogP contribution in [0.25, 0.3) is 0 Å². The average Bonchev–Trinajstić information content (AvgIpc) is 2.39. The maximum absolute atomic E-state index is 12.1. The molecular weight excluding hydrogens is 242 g/mol. The number of ether oxygens (including phenoxy) is 1. The number of methoxy groups -OCH3 is 1. The smallest absolute Gasteiger partial charge is 0.237 e. The number of hydrogen-bond donors (Lipinski definition) is 2. The van der Waals surface area contributed by atoms with Gasteiger partial charge in [0.2, 0.25) is 11.8 Å². The van der Waals surface area contributed by atoms with Crippen LogP contribution in [0.3, 0.4) is 0 Å². The second kappa shape index (κ2) is 6.02. The van der Waals surface area contributed by atoms with Crippen LogP contribution in [0, 0.1) is 0 Å². The highest BCUT2D eigenvalue weighted by Gasteiger charge is 2.30. The summed E-state index contributed by atoms with van der Waals surface area (Å²) in [5.74, 6) is 0.348. The number of carbonyl (C=O) groups excluding carboxylic acids is 1. The van der Waals surface area contributed by atoms with E-state index in [0.717, 1.165) is 25.7 Å². The van der Waals surface area contributed by atoms with Crippen molar-refractivity contribution in [2.75, 3.05) is 12.4 Å². The van der Waals surface area contributed by atoms with Crippen molar-refractivity contribution in [3.05, 3.63) is 18.3 Å². The van der Waals surface area contributed by atoms with Gasteiger partial charge in [0.05, 0.1) is 7.11 Å². The Hall–Kier alpha value is -1.62. The predicted octanol–water partition coefficient (Wildman–Crippen LogP) is 2.08. The molecule has 1 fully saturated rings. The molecule has 1 aliphatic carbocycles. The van der Waals surface area contributed by atoms with E-state index in [2.05, 4.69) is 10.3 Å². The molecule has 3 N–H and O–H groups in total. The van der Waals surface area contributed by atoms with Gasteiger partial charge in [-0.15, -0.1) is 0 Å². The highest BCUT2D eigenvalue weighted by molar-refractivity contribution is 5.92. The Kier molecular flexibility index (Phi) is 4.37. The third-order valence-corrected chi connectivity index (χ3v) is 3.60. The molecule has 0 atom stereocenters. The molecule has 5 nitrogen and oxygen atoms in total. The van der Waals surface area contributed by atoms with Crippen LogP contribution >= 0.6 is 0 Å². The summed E-state index contributed by atoms with van der Waals surface area (Å²) in [6, 6.07) is 3.53. The van der Waals surface area contributed by atoms with E-state index in [-0.39, 0.29) is 11.4 Å². The fraction of sp³-hybridized carbons (Fsp3) is 0.571. The van der Waals surface area contributed by atoms with E-state index in [9.17, 15) is 4.79 Å². The van der Waals surface area contributed by atoms with Gasteiger partial charge >= 0.3 is 0 Å². The first-order valence-electron chi connectivity index (χ1n) is 6.71. The summed E-state index contributed by atoms with van der Waals surface area (Å²) in [6.45, 7) is 0. The van der Waals surface area contributed by atoms with Crippen molar-refractivity contribution in [3.8, 4) is 5.88 Å². The fourth-order valence-corrected chi connectivity index (χ4v) is 2.60. The number of amides is 1. The van der Waals surface area contributed by atoms with E-state index in [1.807, 2.05) is 0 Å². The lowest BCUT2D eigenvalue weighted by atomic mass is 9.80. The molecule has 104 valence electrons. The van der Waals surface area contributed by atoms with Gasteiger partial charge in [-0.2, -0.15) is 0 Å². The summed E-state index contributed by atoms with van der Waals surface area (Å²) < 4.78 is 5.10. The van der Waals surface area contributed by atoms with Gasteiger partial charge in [-0.25, -0.2) is 4.98 Å². The highest BCUT2D eigenvalue weighted by Crippen LogP contribution is 2.29. The summed E-state index contributed by atoms with van der Waals surface area (Å²) in [7, 11) is 1.53. The second-order valence-corrected chi connectivity index (χ2v) is 5.21. The number of pyridine rings is 1. The minimum absolute atomic E-state index is 0.0734. The number of anilines is 1. The molecule has 0 aliphatic heterocycles. The van der Waals surface area contributed by atoms with Crippen molar-refractivity contribution in [3.63, 3.8) is 0 Å². The van der Waals surface area contributed by atoms with Crippen molar-refractivity contribution in [2.45, 2.75) is 44.1 Å². The molecule has 1 heterocycles. The van der Waals surface area contributed by atoms with Crippen LogP contribution in [-0.2, 0) is 4.79 Å². The molecule has 0 unspecified atom stereocenters. The molecule has 19 heavy (non-hydrogen) atoms. The molecule has 0 saturated heterocycles.